The van der Waals surface area contributed by atoms with E-state index in [4.69, 9.17) is 5.73 Å². The van der Waals surface area contributed by atoms with Crippen molar-refractivity contribution in [2.45, 2.75) is 211 Å². The number of hydrogen-bond donors (Lipinski definition) is 16. The van der Waals surface area contributed by atoms with Crippen LogP contribution in [0.2, 0.25) is 0 Å². The van der Waals surface area contributed by atoms with E-state index in [0.29, 0.717) is 12.1 Å². The van der Waals surface area contributed by atoms with Crippen molar-refractivity contribution >= 4 is 106 Å². The van der Waals surface area contributed by atoms with Crippen molar-refractivity contribution in [3.8, 4) is 0 Å². The SMILES string of the molecule is CCCCCCCCCC(=O)Nc1ccc(C(=O)NC(CC(=O)O)C(=O)NC2C(=O)N3CCCCC3C(=O)NC(C(C)C(=O)O)C(=O)NC(CC(=O)O)C(=O)NCC(=O)NC(CC(=O)O)C(=O)NCC(=O)NC(C(C)N)C(=O)NC(C(C)C)C(=O)N3CCCC3C(=O)NC2C)cc1. The van der Waals surface area contributed by atoms with E-state index in [0.717, 1.165) is 55.2 Å². The molecule has 35 nitrogen and oxygen atoms in total. The van der Waals surface area contributed by atoms with Crippen molar-refractivity contribution in [2.75, 3.05) is 31.5 Å². The van der Waals surface area contributed by atoms with Gasteiger partial charge in [0.15, 0.2) is 0 Å². The van der Waals surface area contributed by atoms with Crippen LogP contribution in [-0.4, -0.2) is 224 Å². The van der Waals surface area contributed by atoms with E-state index in [1.807, 2.05) is 16.0 Å². The molecule has 4 rings (SSSR count). The monoisotopic (exact) mass is 1370 g/mol. The molecule has 0 saturated carbocycles. The van der Waals surface area contributed by atoms with E-state index in [-0.39, 0.29) is 63.1 Å². The van der Waals surface area contributed by atoms with E-state index in [1.54, 1.807) is 13.8 Å². The van der Waals surface area contributed by atoms with Crippen molar-refractivity contribution in [3.05, 3.63) is 29.8 Å². The van der Waals surface area contributed by atoms with Gasteiger partial charge in [-0.25, -0.2) is 0 Å². The molecular formula is C62H92N14O21. The number of carboxylic acid groups (broad SMARTS) is 4. The first-order chi connectivity index (χ1) is 45.7. The first kappa shape index (κ1) is 79.6. The summed E-state index contributed by atoms with van der Waals surface area (Å²) in [5, 5.41) is 65.1. The van der Waals surface area contributed by atoms with Gasteiger partial charge in [-0.3, -0.25) is 81.5 Å². The Kier molecular flexibility index (Phi) is 31.7. The number of unbranched alkanes of at least 4 members (excludes halogenated alkanes) is 6. The van der Waals surface area contributed by atoms with E-state index < -0.39 is 205 Å². The van der Waals surface area contributed by atoms with E-state index >= 15 is 4.79 Å². The van der Waals surface area contributed by atoms with Gasteiger partial charge in [-0.05, 0) is 89.5 Å². The molecule has 1 aromatic rings. The molecule has 3 saturated heterocycles. The van der Waals surface area contributed by atoms with Crippen LogP contribution in [0, 0.1) is 11.8 Å². The van der Waals surface area contributed by atoms with Gasteiger partial charge >= 0.3 is 23.9 Å². The molecule has 3 aliphatic rings. The van der Waals surface area contributed by atoms with Crippen LogP contribution in [0.3, 0.4) is 0 Å². The highest BCUT2D eigenvalue weighted by Crippen LogP contribution is 2.24. The number of carbonyl (C=O) groups excluding carboxylic acids is 13. The van der Waals surface area contributed by atoms with Gasteiger partial charge in [-0.15, -0.1) is 0 Å². The largest absolute Gasteiger partial charge is 0.481 e. The Morgan fingerprint density at radius 2 is 1.09 bits per heavy atom. The smallest absolute Gasteiger partial charge is 0.308 e. The van der Waals surface area contributed by atoms with Crippen LogP contribution in [-0.2, 0) is 76.7 Å². The van der Waals surface area contributed by atoms with Gasteiger partial charge in [0.2, 0.25) is 70.9 Å². The van der Waals surface area contributed by atoms with Gasteiger partial charge in [-0.1, -0.05) is 59.3 Å². The third-order valence-electron chi connectivity index (χ3n) is 16.5. The molecular weight excluding hydrogens is 1280 g/mol. The zero-order valence-corrected chi connectivity index (χ0v) is 55.2. The molecule has 35 heteroatoms. The third-order valence-corrected chi connectivity index (χ3v) is 16.5. The lowest BCUT2D eigenvalue weighted by atomic mass is 9.96. The van der Waals surface area contributed by atoms with Crippen LogP contribution in [0.15, 0.2) is 24.3 Å². The summed E-state index contributed by atoms with van der Waals surface area (Å²) in [4.78, 5) is 233. The predicted molar refractivity (Wildman–Crippen MR) is 340 cm³/mol. The van der Waals surface area contributed by atoms with E-state index in [9.17, 15) is 97.1 Å². The number of nitrogens with zero attached hydrogens (tertiary/aromatic N) is 2. The summed E-state index contributed by atoms with van der Waals surface area (Å²) in [5.74, 6) is -23.4. The molecule has 12 atom stereocenters. The molecule has 0 aromatic heterocycles. The van der Waals surface area contributed by atoms with Crippen molar-refractivity contribution in [3.63, 3.8) is 0 Å². The molecule has 0 spiro atoms. The fourth-order valence-corrected chi connectivity index (χ4v) is 11.1. The maximum atomic E-state index is 15.3. The quantitative estimate of drug-likeness (QED) is 0.0487. The number of fused-ring (bicyclic) bond motifs is 2. The van der Waals surface area contributed by atoms with Crippen LogP contribution >= 0.6 is 0 Å². The lowest BCUT2D eigenvalue weighted by Crippen LogP contribution is -2.66. The second kappa shape index (κ2) is 38.7. The summed E-state index contributed by atoms with van der Waals surface area (Å²) in [6.07, 6.45) is 4.17. The van der Waals surface area contributed by atoms with Crippen molar-refractivity contribution < 1.29 is 102 Å². The molecule has 1 aromatic carbocycles. The minimum absolute atomic E-state index is 0.00576. The highest BCUT2D eigenvalue weighted by Gasteiger charge is 2.45. The van der Waals surface area contributed by atoms with Gasteiger partial charge in [0, 0.05) is 36.8 Å². The van der Waals surface area contributed by atoms with E-state index in [2.05, 4.69) is 49.5 Å². The van der Waals surface area contributed by atoms with Crippen LogP contribution in [0.1, 0.15) is 155 Å². The highest BCUT2D eigenvalue weighted by molar-refractivity contribution is 6.03. The van der Waals surface area contributed by atoms with Crippen molar-refractivity contribution in [2.24, 2.45) is 17.6 Å². The van der Waals surface area contributed by atoms with E-state index in [1.165, 1.54) is 38.1 Å². The highest BCUT2D eigenvalue weighted by atomic mass is 16.4. The summed E-state index contributed by atoms with van der Waals surface area (Å²) in [7, 11) is 0. The average Bonchev–Trinajstić information content (AvgIpc) is 1.73. The summed E-state index contributed by atoms with van der Waals surface area (Å²) >= 11 is 0. The molecule has 17 N–H and O–H groups in total. The molecule has 0 radical (unpaired) electrons. The minimum Gasteiger partial charge on any atom is -0.481 e. The fraction of sp³-hybridized carbons (Fsp3) is 0.629. The number of carbonyl (C=O) groups is 17. The zero-order valence-electron chi connectivity index (χ0n) is 55.2. The first-order valence-electron chi connectivity index (χ1n) is 32.4. The molecule has 3 fully saturated rings. The number of anilines is 1. The second-order valence-corrected chi connectivity index (χ2v) is 24.7. The van der Waals surface area contributed by atoms with Gasteiger partial charge in [-0.2, -0.15) is 0 Å². The van der Waals surface area contributed by atoms with Gasteiger partial charge < -0.3 is 94.4 Å². The van der Waals surface area contributed by atoms with Crippen LogP contribution in [0.4, 0.5) is 5.69 Å². The fourth-order valence-electron chi connectivity index (χ4n) is 11.1. The summed E-state index contributed by atoms with van der Waals surface area (Å²) in [5.41, 5.74) is 6.36. The Morgan fingerprint density at radius 3 is 1.65 bits per heavy atom. The molecule has 13 amide bonds. The Morgan fingerprint density at radius 1 is 0.577 bits per heavy atom. The summed E-state index contributed by atoms with van der Waals surface area (Å²) < 4.78 is 0. The number of benzene rings is 1. The predicted octanol–water partition coefficient (Wildman–Crippen LogP) is -2.96. The van der Waals surface area contributed by atoms with Gasteiger partial charge in [0.25, 0.3) is 5.91 Å². The number of aliphatic carboxylic acids is 4. The van der Waals surface area contributed by atoms with Crippen molar-refractivity contribution in [1.29, 1.82) is 0 Å². The second-order valence-electron chi connectivity index (χ2n) is 24.7. The lowest BCUT2D eigenvalue weighted by molar-refractivity contribution is -0.150. The number of rotatable bonds is 23. The number of amides is 13. The van der Waals surface area contributed by atoms with Gasteiger partial charge in [0.1, 0.15) is 54.4 Å². The Labute approximate surface area is 559 Å². The first-order valence-corrected chi connectivity index (χ1v) is 32.4. The number of hydrogen-bond acceptors (Lipinski definition) is 18. The maximum absolute atomic E-state index is 15.3. The number of carboxylic acids is 4. The van der Waals surface area contributed by atoms with Gasteiger partial charge in [0.05, 0.1) is 44.3 Å². The molecule has 97 heavy (non-hydrogen) atoms. The molecule has 3 aliphatic heterocycles. The molecule has 0 aliphatic carbocycles. The molecule has 0 bridgehead atoms. The zero-order chi connectivity index (χ0) is 72.4. The third kappa shape index (κ3) is 25.0. The summed E-state index contributed by atoms with van der Waals surface area (Å²) in [6.45, 7) is 6.32. The number of nitrogens with two attached hydrogens (primary N) is 1. The average molecular weight is 1370 g/mol. The van der Waals surface area contributed by atoms with Crippen LogP contribution in [0.5, 0.6) is 0 Å². The number of piperidine rings is 1. The molecule has 12 unspecified atom stereocenters. The standard InChI is InChI=1S/C62H92N14O21/c1-7-8-9-10-11-12-13-19-42(77)67-36-22-20-35(21-23-36)52(86)69-39(28-47(84)85)55(89)74-51-34(6)66-56(90)41-18-16-25-76(41)60(94)48(31(2)3)72-59(93)50(33(5)63)71-44(79)30-65-53(87)37(26-45(80)81)68-43(78)29-64-54(88)38(27-46(82)83)70-58(92)49(32(4)62(96)97)73-57(91)40-17-14-15-24-75(40)61(51)95/h20-23,31-34,37-41,48-51H,7-19,24-30,63H2,1-6H3,(H,64,88)(H,65,87)(H,66,90)(H,67,77)(H,68,78)(H,69,86)(H,70,92)(H,71,79)(H,72,93)(H,73,91)(H,74,89)(H,80,81)(H,82,83)(H,84,85)(H,96,97). The topological polar surface area (TPSA) is 536 Å². The summed E-state index contributed by atoms with van der Waals surface area (Å²) in [6, 6.07) is -13.5. The number of nitrogens with one attached hydrogen (secondary N) is 11. The Hall–Kier alpha value is -9.83. The Balaban J connectivity index is 1.78. The Bertz CT molecular complexity index is 3070. The molecule has 536 valence electrons. The molecule has 3 heterocycles. The van der Waals surface area contributed by atoms with Crippen LogP contribution in [0.25, 0.3) is 0 Å². The normalized spacial score (nSPS) is 24.2. The lowest BCUT2D eigenvalue weighted by Gasteiger charge is -2.39. The van der Waals surface area contributed by atoms with Crippen molar-refractivity contribution in [1.82, 2.24) is 63.0 Å². The van der Waals surface area contributed by atoms with Crippen LogP contribution < -0.4 is 64.2 Å². The minimum atomic E-state index is -2.17. The maximum Gasteiger partial charge on any atom is 0.308 e.